The van der Waals surface area contributed by atoms with Crippen molar-refractivity contribution in [1.82, 2.24) is 24.7 Å². The van der Waals surface area contributed by atoms with E-state index in [-0.39, 0.29) is 23.7 Å². The maximum absolute atomic E-state index is 13.4. The van der Waals surface area contributed by atoms with Crippen LogP contribution in [-0.4, -0.2) is 75.6 Å². The molecule has 0 amide bonds. The van der Waals surface area contributed by atoms with Crippen molar-refractivity contribution in [2.75, 3.05) is 36.5 Å². The zero-order valence-electron chi connectivity index (χ0n) is 20.6. The van der Waals surface area contributed by atoms with E-state index >= 15 is 0 Å². The lowest BCUT2D eigenvalue weighted by atomic mass is 10.0. The molecule has 36 heavy (non-hydrogen) atoms. The quantitative estimate of drug-likeness (QED) is 0.379. The van der Waals surface area contributed by atoms with Crippen LogP contribution in [0.2, 0.25) is 0 Å². The van der Waals surface area contributed by atoms with Gasteiger partial charge in [0.2, 0.25) is 0 Å². The van der Waals surface area contributed by atoms with Gasteiger partial charge in [-0.15, -0.1) is 0 Å². The predicted molar refractivity (Wildman–Crippen MR) is 140 cm³/mol. The second kappa shape index (κ2) is 8.98. The van der Waals surface area contributed by atoms with E-state index in [1.54, 1.807) is 0 Å². The summed E-state index contributed by atoms with van der Waals surface area (Å²) < 4.78 is 12.8. The summed E-state index contributed by atoms with van der Waals surface area (Å²) in [6, 6.07) is 5.94. The molecule has 188 valence electrons. The van der Waals surface area contributed by atoms with Gasteiger partial charge >= 0.3 is 0 Å². The Kier molecular flexibility index (Phi) is 5.63. The molecule has 0 spiro atoms. The molecule has 11 heteroatoms. The summed E-state index contributed by atoms with van der Waals surface area (Å²) in [4.78, 5) is 31.4. The molecule has 3 N–H and O–H groups in total. The van der Waals surface area contributed by atoms with E-state index in [4.69, 9.17) is 19.6 Å². The maximum atomic E-state index is 13.4. The monoisotopic (exact) mass is 490 g/mol. The number of hydrogen-bond donors (Lipinski definition) is 3. The first-order valence-electron chi connectivity index (χ1n) is 12.4. The minimum Gasteiger partial charge on any atom is -0.478 e. The van der Waals surface area contributed by atoms with E-state index in [1.165, 1.54) is 6.40 Å². The number of benzene rings is 1. The Balaban J connectivity index is 1.46. The van der Waals surface area contributed by atoms with Crippen LogP contribution in [0.1, 0.15) is 20.8 Å². The predicted octanol–water partition coefficient (Wildman–Crippen LogP) is 2.74. The van der Waals surface area contributed by atoms with Crippen molar-refractivity contribution in [3.05, 3.63) is 34.7 Å². The highest BCUT2D eigenvalue weighted by Gasteiger charge is 2.30. The van der Waals surface area contributed by atoms with Crippen LogP contribution in [0.5, 0.6) is 0 Å². The number of nitrogens with zero attached hydrogens (tertiary/aromatic N) is 5. The molecule has 0 radical (unpaired) electrons. The molecule has 2 aliphatic heterocycles. The number of aliphatic imine (C=N–C) groups is 1. The number of anilines is 2. The van der Waals surface area contributed by atoms with E-state index < -0.39 is 0 Å². The average Bonchev–Trinajstić information content (AvgIpc) is 3.61. The first-order chi connectivity index (χ1) is 17.5. The van der Waals surface area contributed by atoms with Crippen molar-refractivity contribution in [1.29, 1.82) is 0 Å². The molecule has 1 saturated heterocycles. The van der Waals surface area contributed by atoms with Crippen LogP contribution in [0, 0.1) is 0 Å². The van der Waals surface area contributed by atoms with E-state index in [2.05, 4.69) is 37.3 Å². The second-order valence-corrected chi connectivity index (χ2v) is 9.36. The van der Waals surface area contributed by atoms with Crippen molar-refractivity contribution in [3.8, 4) is 11.4 Å². The molecule has 0 bridgehead atoms. The summed E-state index contributed by atoms with van der Waals surface area (Å²) in [7, 11) is 0. The molecule has 6 rings (SSSR count). The van der Waals surface area contributed by atoms with Crippen molar-refractivity contribution >= 4 is 39.8 Å². The number of H-pyrrole nitrogens is 2. The van der Waals surface area contributed by atoms with Crippen LogP contribution in [0.25, 0.3) is 33.5 Å². The molecule has 2 aliphatic rings. The molecule has 1 aromatic carbocycles. The Labute approximate surface area is 207 Å². The van der Waals surface area contributed by atoms with Gasteiger partial charge in [0, 0.05) is 37.6 Å². The van der Waals surface area contributed by atoms with Crippen LogP contribution in [-0.2, 0) is 16.0 Å². The number of ether oxygens (including phenoxy) is 2. The van der Waals surface area contributed by atoms with Crippen molar-refractivity contribution in [2.45, 2.75) is 45.5 Å². The molecule has 5 heterocycles. The van der Waals surface area contributed by atoms with Crippen LogP contribution in [0.3, 0.4) is 0 Å². The molecule has 4 aromatic rings. The Hall–Kier alpha value is -3.86. The zero-order valence-corrected chi connectivity index (χ0v) is 20.6. The first-order valence-corrected chi connectivity index (χ1v) is 12.4. The molecule has 3 aromatic heterocycles. The smallest absolute Gasteiger partial charge is 0.261 e. The van der Waals surface area contributed by atoms with E-state index in [0.717, 1.165) is 29.8 Å². The maximum Gasteiger partial charge on any atom is 0.261 e. The number of imidazole rings is 1. The largest absolute Gasteiger partial charge is 0.478 e. The zero-order chi connectivity index (χ0) is 24.8. The highest BCUT2D eigenvalue weighted by molar-refractivity contribution is 5.97. The molecule has 1 fully saturated rings. The minimum absolute atomic E-state index is 0.0635. The molecule has 11 nitrogen and oxygen atoms in total. The Morgan fingerprint density at radius 3 is 2.81 bits per heavy atom. The van der Waals surface area contributed by atoms with Gasteiger partial charge in [-0.05, 0) is 39.0 Å². The van der Waals surface area contributed by atoms with Crippen LogP contribution >= 0.6 is 0 Å². The summed E-state index contributed by atoms with van der Waals surface area (Å²) in [5.41, 5.74) is 4.95. The van der Waals surface area contributed by atoms with Gasteiger partial charge in [-0.3, -0.25) is 9.48 Å². The van der Waals surface area contributed by atoms with Gasteiger partial charge in [0.15, 0.2) is 6.40 Å². The van der Waals surface area contributed by atoms with Gasteiger partial charge in [0.05, 0.1) is 35.5 Å². The number of pyridine rings is 1. The third-order valence-electron chi connectivity index (χ3n) is 7.00. The highest BCUT2D eigenvalue weighted by Crippen LogP contribution is 2.32. The number of nitrogens with one attached hydrogen (secondary N) is 3. The fourth-order valence-electron chi connectivity index (χ4n) is 5.03. The SMILES string of the molecule is CCn1cc2[nH]c(=O)c(-c3nc4ccc(N5CCOCC5)cc4[nH]3)c(NC(C)C3N=COC3C)c2n1. The number of fused-ring (bicyclic) bond motifs is 2. The Morgan fingerprint density at radius 1 is 1.22 bits per heavy atom. The molecule has 0 saturated carbocycles. The van der Waals surface area contributed by atoms with Gasteiger partial charge in [-0.1, -0.05) is 0 Å². The summed E-state index contributed by atoms with van der Waals surface area (Å²) in [6.07, 6.45) is 3.29. The third kappa shape index (κ3) is 3.89. The number of aromatic amines is 2. The first kappa shape index (κ1) is 22.6. The molecular weight excluding hydrogens is 460 g/mol. The Morgan fingerprint density at radius 2 is 2.06 bits per heavy atom. The topological polar surface area (TPSA) is 125 Å². The molecular formula is C25H30N8O3. The number of hydrogen-bond acceptors (Lipinski definition) is 8. The highest BCUT2D eigenvalue weighted by atomic mass is 16.5. The van der Waals surface area contributed by atoms with Gasteiger partial charge in [0.25, 0.3) is 5.56 Å². The lowest BCUT2D eigenvalue weighted by Gasteiger charge is -2.28. The van der Waals surface area contributed by atoms with Gasteiger partial charge < -0.3 is 29.7 Å². The van der Waals surface area contributed by atoms with Gasteiger partial charge in [-0.2, -0.15) is 5.10 Å². The minimum atomic E-state index is -0.237. The normalized spacial score (nSPS) is 20.8. The van der Waals surface area contributed by atoms with E-state index in [0.29, 0.717) is 47.9 Å². The van der Waals surface area contributed by atoms with E-state index in [9.17, 15) is 4.79 Å². The van der Waals surface area contributed by atoms with Crippen LogP contribution in [0.15, 0.2) is 34.2 Å². The fraction of sp³-hybridized carbons (Fsp3) is 0.440. The summed E-state index contributed by atoms with van der Waals surface area (Å²) in [5.74, 6) is 0.493. The molecule has 3 unspecified atom stereocenters. The van der Waals surface area contributed by atoms with Crippen LogP contribution in [0.4, 0.5) is 11.4 Å². The number of aryl methyl sites for hydroxylation is 1. The van der Waals surface area contributed by atoms with Crippen molar-refractivity contribution < 1.29 is 9.47 Å². The lowest BCUT2D eigenvalue weighted by Crippen LogP contribution is -2.36. The number of aromatic nitrogens is 5. The lowest BCUT2D eigenvalue weighted by molar-refractivity contribution is 0.122. The molecule has 3 atom stereocenters. The summed E-state index contributed by atoms with van der Waals surface area (Å²) in [5, 5.41) is 8.28. The standard InChI is InChI=1S/C25H30N8O3/c1-4-33-12-19-22(31-33)23(27-14(2)21-15(3)36-13-26-21)20(25(34)30-19)24-28-17-6-5-16(11-18(17)29-24)32-7-9-35-10-8-32/h5-6,11-15,21,27H,4,7-10H2,1-3H3,(H,28,29)(H,30,34). The Bertz CT molecular complexity index is 1500. The summed E-state index contributed by atoms with van der Waals surface area (Å²) >= 11 is 0. The summed E-state index contributed by atoms with van der Waals surface area (Å²) in [6.45, 7) is 9.85. The van der Waals surface area contributed by atoms with Gasteiger partial charge in [0.1, 0.15) is 29.1 Å². The van der Waals surface area contributed by atoms with Crippen molar-refractivity contribution in [3.63, 3.8) is 0 Å². The number of rotatable bonds is 6. The van der Waals surface area contributed by atoms with E-state index in [1.807, 2.05) is 37.7 Å². The number of morpholine rings is 1. The van der Waals surface area contributed by atoms with Gasteiger partial charge in [-0.25, -0.2) is 9.98 Å². The fourth-order valence-corrected chi connectivity index (χ4v) is 5.03. The average molecular weight is 491 g/mol. The third-order valence-corrected chi connectivity index (χ3v) is 7.00. The van der Waals surface area contributed by atoms with Crippen molar-refractivity contribution in [2.24, 2.45) is 4.99 Å². The molecule has 0 aliphatic carbocycles. The second-order valence-electron chi connectivity index (χ2n) is 9.36. The van der Waals surface area contributed by atoms with Crippen LogP contribution < -0.4 is 15.8 Å².